The highest BCUT2D eigenvalue weighted by molar-refractivity contribution is 5.75. The molecular weight excluding hydrogens is 404 g/mol. The van der Waals surface area contributed by atoms with Gasteiger partial charge in [-0.2, -0.15) is 0 Å². The van der Waals surface area contributed by atoms with Gasteiger partial charge in [0.1, 0.15) is 12.2 Å². The lowest BCUT2D eigenvalue weighted by Gasteiger charge is -2.27. The number of aliphatic carboxylic acids is 2. The average molecular weight is 430 g/mol. The molecule has 1 aliphatic heterocycles. The zero-order chi connectivity index (χ0) is 22.4. The molecule has 4 atom stereocenters. The van der Waals surface area contributed by atoms with E-state index in [0.29, 0.717) is 0 Å². The third-order valence-electron chi connectivity index (χ3n) is 4.79. The summed E-state index contributed by atoms with van der Waals surface area (Å²) in [5.74, 6) is -3.76. The normalized spacial score (nSPS) is 22.0. The SMILES string of the molecule is CC1(C)OC(C(OCc2ccccc2)C(=O)O)C(C(OCc2ccccc2)C(=O)O)O1. The van der Waals surface area contributed by atoms with Gasteiger partial charge in [0, 0.05) is 0 Å². The highest BCUT2D eigenvalue weighted by Gasteiger charge is 2.53. The Labute approximate surface area is 180 Å². The lowest BCUT2D eigenvalue weighted by molar-refractivity contribution is -0.178. The molecule has 1 saturated heterocycles. The van der Waals surface area contributed by atoms with Crippen LogP contribution in [0.5, 0.6) is 0 Å². The number of carboxylic acids is 2. The Morgan fingerprint density at radius 3 is 1.48 bits per heavy atom. The molecule has 8 heteroatoms. The summed E-state index contributed by atoms with van der Waals surface area (Å²) in [4.78, 5) is 24.0. The first kappa shape index (κ1) is 22.9. The van der Waals surface area contributed by atoms with Crippen LogP contribution in [-0.4, -0.2) is 52.4 Å². The summed E-state index contributed by atoms with van der Waals surface area (Å²) in [5, 5.41) is 19.6. The minimum atomic E-state index is -1.45. The van der Waals surface area contributed by atoms with Gasteiger partial charge in [-0.05, 0) is 25.0 Å². The van der Waals surface area contributed by atoms with Crippen LogP contribution in [0.4, 0.5) is 0 Å². The Kier molecular flexibility index (Phi) is 7.40. The Bertz CT molecular complexity index is 796. The Hall–Kier alpha value is -2.78. The van der Waals surface area contributed by atoms with E-state index >= 15 is 0 Å². The molecule has 3 rings (SSSR count). The van der Waals surface area contributed by atoms with E-state index in [0.717, 1.165) is 11.1 Å². The average Bonchev–Trinajstić information content (AvgIpc) is 3.04. The third-order valence-corrected chi connectivity index (χ3v) is 4.79. The topological polar surface area (TPSA) is 112 Å². The third kappa shape index (κ3) is 6.11. The second-order valence-corrected chi connectivity index (χ2v) is 7.68. The summed E-state index contributed by atoms with van der Waals surface area (Å²) in [6.45, 7) is 3.22. The molecule has 8 nitrogen and oxygen atoms in total. The first-order valence-electron chi connectivity index (χ1n) is 9.89. The van der Waals surface area contributed by atoms with Gasteiger partial charge in [-0.25, -0.2) is 9.59 Å². The van der Waals surface area contributed by atoms with Crippen molar-refractivity contribution in [3.05, 3.63) is 71.8 Å². The number of carboxylic acid groups (broad SMARTS) is 2. The molecular formula is C23H26O8. The monoisotopic (exact) mass is 430 g/mol. The van der Waals surface area contributed by atoms with Crippen LogP contribution >= 0.6 is 0 Å². The fourth-order valence-corrected chi connectivity index (χ4v) is 3.42. The number of benzene rings is 2. The van der Waals surface area contributed by atoms with Crippen LogP contribution in [0.1, 0.15) is 25.0 Å². The lowest BCUT2D eigenvalue weighted by Crippen LogP contribution is -2.50. The predicted molar refractivity (Wildman–Crippen MR) is 109 cm³/mol. The molecule has 2 N–H and O–H groups in total. The molecule has 0 radical (unpaired) electrons. The Morgan fingerprint density at radius 1 is 0.806 bits per heavy atom. The Morgan fingerprint density at radius 2 is 1.16 bits per heavy atom. The van der Waals surface area contributed by atoms with E-state index in [4.69, 9.17) is 18.9 Å². The van der Waals surface area contributed by atoms with Crippen molar-refractivity contribution in [2.24, 2.45) is 0 Å². The van der Waals surface area contributed by atoms with Gasteiger partial charge in [-0.15, -0.1) is 0 Å². The second-order valence-electron chi connectivity index (χ2n) is 7.68. The first-order valence-corrected chi connectivity index (χ1v) is 9.89. The van der Waals surface area contributed by atoms with Crippen molar-refractivity contribution in [2.75, 3.05) is 0 Å². The minimum absolute atomic E-state index is 0.0213. The van der Waals surface area contributed by atoms with Crippen molar-refractivity contribution in [3.63, 3.8) is 0 Å². The summed E-state index contributed by atoms with van der Waals surface area (Å²) in [6.07, 6.45) is -5.27. The smallest absolute Gasteiger partial charge is 0.335 e. The van der Waals surface area contributed by atoms with Crippen LogP contribution in [0.2, 0.25) is 0 Å². The van der Waals surface area contributed by atoms with Gasteiger partial charge in [0.15, 0.2) is 18.0 Å². The maximum Gasteiger partial charge on any atom is 0.335 e. The number of ether oxygens (including phenoxy) is 4. The second kappa shape index (κ2) is 10.0. The molecule has 0 spiro atoms. The van der Waals surface area contributed by atoms with E-state index in [-0.39, 0.29) is 13.2 Å². The fraction of sp³-hybridized carbons (Fsp3) is 0.391. The maximum absolute atomic E-state index is 12.0. The Balaban J connectivity index is 1.79. The van der Waals surface area contributed by atoms with Gasteiger partial charge in [0.05, 0.1) is 13.2 Å². The number of hydrogen-bond acceptors (Lipinski definition) is 6. The highest BCUT2D eigenvalue weighted by atomic mass is 16.8. The molecule has 31 heavy (non-hydrogen) atoms. The molecule has 0 bridgehead atoms. The molecule has 0 amide bonds. The van der Waals surface area contributed by atoms with Gasteiger partial charge in [0.25, 0.3) is 0 Å². The summed E-state index contributed by atoms with van der Waals surface area (Å²) in [5.41, 5.74) is 1.55. The van der Waals surface area contributed by atoms with Gasteiger partial charge < -0.3 is 29.2 Å². The van der Waals surface area contributed by atoms with Crippen molar-refractivity contribution in [2.45, 2.75) is 57.3 Å². The number of carbonyl (C=O) groups is 2. The molecule has 0 aliphatic carbocycles. The van der Waals surface area contributed by atoms with Crippen LogP contribution in [-0.2, 0) is 41.8 Å². The van der Waals surface area contributed by atoms with Crippen LogP contribution in [0.25, 0.3) is 0 Å². The number of hydrogen-bond donors (Lipinski definition) is 2. The van der Waals surface area contributed by atoms with Crippen LogP contribution in [0, 0.1) is 0 Å². The van der Waals surface area contributed by atoms with E-state index in [1.807, 2.05) is 36.4 Å². The van der Waals surface area contributed by atoms with Crippen molar-refractivity contribution in [1.29, 1.82) is 0 Å². The van der Waals surface area contributed by atoms with Crippen LogP contribution in [0.3, 0.4) is 0 Å². The fourth-order valence-electron chi connectivity index (χ4n) is 3.42. The van der Waals surface area contributed by atoms with Gasteiger partial charge in [-0.3, -0.25) is 0 Å². The molecule has 1 aliphatic rings. The molecule has 2 aromatic rings. The van der Waals surface area contributed by atoms with Crippen LogP contribution in [0.15, 0.2) is 60.7 Å². The lowest BCUT2D eigenvalue weighted by atomic mass is 10.0. The summed E-state index contributed by atoms with van der Waals surface area (Å²) in [6, 6.07) is 18.1. The van der Waals surface area contributed by atoms with E-state index in [2.05, 4.69) is 0 Å². The highest BCUT2D eigenvalue weighted by Crippen LogP contribution is 2.34. The minimum Gasteiger partial charge on any atom is -0.479 e. The van der Waals surface area contributed by atoms with Crippen LogP contribution < -0.4 is 0 Å². The summed E-state index contributed by atoms with van der Waals surface area (Å²) < 4.78 is 22.8. The number of rotatable bonds is 10. The van der Waals surface area contributed by atoms with E-state index in [9.17, 15) is 19.8 Å². The van der Waals surface area contributed by atoms with Gasteiger partial charge in [-0.1, -0.05) is 60.7 Å². The molecule has 0 aromatic heterocycles. The molecule has 166 valence electrons. The largest absolute Gasteiger partial charge is 0.479 e. The summed E-state index contributed by atoms with van der Waals surface area (Å²) >= 11 is 0. The quantitative estimate of drug-likeness (QED) is 0.592. The van der Waals surface area contributed by atoms with Crippen molar-refractivity contribution in [3.8, 4) is 0 Å². The first-order chi connectivity index (χ1) is 14.8. The predicted octanol–water partition coefficient (Wildman–Crippen LogP) is 2.85. The molecule has 1 fully saturated rings. The van der Waals surface area contributed by atoms with Crippen molar-refractivity contribution >= 4 is 11.9 Å². The van der Waals surface area contributed by atoms with E-state index < -0.39 is 42.1 Å². The van der Waals surface area contributed by atoms with E-state index in [1.54, 1.807) is 38.1 Å². The zero-order valence-electron chi connectivity index (χ0n) is 17.3. The zero-order valence-corrected chi connectivity index (χ0v) is 17.3. The maximum atomic E-state index is 12.0. The molecule has 4 unspecified atom stereocenters. The van der Waals surface area contributed by atoms with Crippen molar-refractivity contribution in [1.82, 2.24) is 0 Å². The molecule has 1 heterocycles. The van der Waals surface area contributed by atoms with Gasteiger partial charge >= 0.3 is 11.9 Å². The van der Waals surface area contributed by atoms with Gasteiger partial charge in [0.2, 0.25) is 0 Å². The molecule has 2 aromatic carbocycles. The standard InChI is InChI=1S/C23H26O8/c1-23(2)30-17(19(21(24)25)28-13-15-9-5-3-6-10-15)18(31-23)20(22(26)27)29-14-16-11-7-4-8-12-16/h3-12,17-20H,13-14H2,1-2H3,(H,24,25)(H,26,27). The van der Waals surface area contributed by atoms with Crippen molar-refractivity contribution < 1.29 is 38.7 Å². The molecule has 0 saturated carbocycles. The van der Waals surface area contributed by atoms with E-state index in [1.165, 1.54) is 0 Å². The summed E-state index contributed by atoms with van der Waals surface area (Å²) in [7, 11) is 0.